The summed E-state index contributed by atoms with van der Waals surface area (Å²) in [4.78, 5) is 0. The number of rotatable bonds is 0. The van der Waals surface area contributed by atoms with E-state index in [0.717, 1.165) is 12.8 Å². The third-order valence-corrected chi connectivity index (χ3v) is 2.19. The van der Waals surface area contributed by atoms with Gasteiger partial charge in [-0.3, -0.25) is 0 Å². The van der Waals surface area contributed by atoms with Crippen LogP contribution < -0.4 is 11.5 Å². The van der Waals surface area contributed by atoms with E-state index in [2.05, 4.69) is 0 Å². The molecule has 0 aromatic carbocycles. The molecule has 3 nitrogen and oxygen atoms in total. The van der Waals surface area contributed by atoms with E-state index in [9.17, 15) is 0 Å². The first-order valence-corrected chi connectivity index (χ1v) is 3.28. The standard InChI is InChI=1S/C6H12N2O/c7-5-1-6(8,2-5)4-9-3-5/h1-4,7-8H2. The molecule has 2 saturated heterocycles. The van der Waals surface area contributed by atoms with E-state index in [0.29, 0.717) is 13.2 Å². The average Bonchev–Trinajstić information content (AvgIpc) is 1.59. The molecule has 1 saturated carbocycles. The van der Waals surface area contributed by atoms with Crippen molar-refractivity contribution in [2.45, 2.75) is 23.9 Å². The lowest BCUT2D eigenvalue weighted by molar-refractivity contribution is -0.0951. The van der Waals surface area contributed by atoms with Crippen molar-refractivity contribution >= 4 is 0 Å². The highest BCUT2D eigenvalue weighted by molar-refractivity contribution is 5.14. The number of hydrogen-bond acceptors (Lipinski definition) is 3. The Labute approximate surface area is 54.3 Å². The fourth-order valence-electron chi connectivity index (χ4n) is 2.01. The van der Waals surface area contributed by atoms with Gasteiger partial charge >= 0.3 is 0 Å². The first kappa shape index (κ1) is 5.65. The Morgan fingerprint density at radius 2 is 1.44 bits per heavy atom. The third kappa shape index (κ3) is 0.689. The quantitative estimate of drug-likeness (QED) is 0.449. The maximum Gasteiger partial charge on any atom is 0.0648 e. The maximum absolute atomic E-state index is 5.82. The van der Waals surface area contributed by atoms with E-state index in [1.807, 2.05) is 0 Å². The Balaban J connectivity index is 2.12. The fraction of sp³-hybridized carbons (Fsp3) is 1.00. The second kappa shape index (κ2) is 1.31. The van der Waals surface area contributed by atoms with Crippen molar-refractivity contribution in [3.63, 3.8) is 0 Å². The lowest BCUT2D eigenvalue weighted by Crippen LogP contribution is -2.73. The molecule has 3 rings (SSSR count). The Hall–Kier alpha value is -0.120. The van der Waals surface area contributed by atoms with Crippen LogP contribution in [0.3, 0.4) is 0 Å². The van der Waals surface area contributed by atoms with Crippen molar-refractivity contribution in [3.05, 3.63) is 0 Å². The van der Waals surface area contributed by atoms with Gasteiger partial charge in [-0.25, -0.2) is 0 Å². The van der Waals surface area contributed by atoms with Crippen LogP contribution in [0.1, 0.15) is 12.8 Å². The monoisotopic (exact) mass is 128 g/mol. The van der Waals surface area contributed by atoms with Crippen molar-refractivity contribution in [1.29, 1.82) is 0 Å². The van der Waals surface area contributed by atoms with Crippen molar-refractivity contribution in [2.75, 3.05) is 13.2 Å². The molecule has 0 unspecified atom stereocenters. The van der Waals surface area contributed by atoms with E-state index in [1.54, 1.807) is 0 Å². The molecular weight excluding hydrogens is 116 g/mol. The van der Waals surface area contributed by atoms with Crippen LogP contribution in [0.15, 0.2) is 0 Å². The number of nitrogens with two attached hydrogens (primary N) is 2. The van der Waals surface area contributed by atoms with Crippen LogP contribution in [0.25, 0.3) is 0 Å². The summed E-state index contributed by atoms with van der Waals surface area (Å²) in [6, 6.07) is 0. The van der Waals surface area contributed by atoms with Gasteiger partial charge in [-0.15, -0.1) is 0 Å². The predicted octanol–water partition coefficient (Wildman–Crippen LogP) is -0.795. The van der Waals surface area contributed by atoms with Gasteiger partial charge < -0.3 is 16.2 Å². The Kier molecular flexibility index (Phi) is 0.822. The van der Waals surface area contributed by atoms with Crippen molar-refractivity contribution in [3.8, 4) is 0 Å². The smallest absolute Gasteiger partial charge is 0.0648 e. The summed E-state index contributed by atoms with van der Waals surface area (Å²) >= 11 is 0. The predicted molar refractivity (Wildman–Crippen MR) is 33.9 cm³/mol. The molecular formula is C6H12N2O. The van der Waals surface area contributed by atoms with Gasteiger partial charge in [-0.2, -0.15) is 0 Å². The minimum absolute atomic E-state index is 0.0625. The number of hydrogen-bond donors (Lipinski definition) is 2. The zero-order valence-corrected chi connectivity index (χ0v) is 5.39. The van der Waals surface area contributed by atoms with Crippen molar-refractivity contribution in [1.82, 2.24) is 0 Å². The lowest BCUT2D eigenvalue weighted by Gasteiger charge is -2.56. The minimum Gasteiger partial charge on any atom is -0.378 e. The summed E-state index contributed by atoms with van der Waals surface area (Å²) in [6.07, 6.45) is 1.89. The van der Waals surface area contributed by atoms with Gasteiger partial charge in [0, 0.05) is 11.1 Å². The van der Waals surface area contributed by atoms with Gasteiger partial charge in [0.15, 0.2) is 0 Å². The van der Waals surface area contributed by atoms with E-state index in [1.165, 1.54) is 0 Å². The fourth-order valence-corrected chi connectivity index (χ4v) is 2.01. The van der Waals surface area contributed by atoms with Gasteiger partial charge in [-0.05, 0) is 12.8 Å². The molecule has 52 valence electrons. The summed E-state index contributed by atoms with van der Waals surface area (Å²) in [5, 5.41) is 0. The lowest BCUT2D eigenvalue weighted by atomic mass is 9.63. The highest BCUT2D eigenvalue weighted by atomic mass is 16.5. The Morgan fingerprint density at radius 3 is 1.67 bits per heavy atom. The molecule has 0 atom stereocenters. The molecule has 3 heteroatoms. The molecule has 2 aliphatic heterocycles. The Bertz CT molecular complexity index is 126. The summed E-state index contributed by atoms with van der Waals surface area (Å²) in [6.45, 7) is 1.40. The maximum atomic E-state index is 5.82. The van der Waals surface area contributed by atoms with Gasteiger partial charge in [0.2, 0.25) is 0 Å². The second-order valence-electron chi connectivity index (χ2n) is 3.57. The zero-order valence-electron chi connectivity index (χ0n) is 5.39. The van der Waals surface area contributed by atoms with Crippen LogP contribution >= 0.6 is 0 Å². The van der Waals surface area contributed by atoms with Gasteiger partial charge in [-0.1, -0.05) is 0 Å². The van der Waals surface area contributed by atoms with Crippen LogP contribution in [-0.4, -0.2) is 24.3 Å². The van der Waals surface area contributed by atoms with Gasteiger partial charge in [0.25, 0.3) is 0 Å². The van der Waals surface area contributed by atoms with Gasteiger partial charge in [0.05, 0.1) is 13.2 Å². The molecule has 3 fully saturated rings. The number of ether oxygens (including phenoxy) is 1. The van der Waals surface area contributed by atoms with Crippen LogP contribution in [-0.2, 0) is 4.74 Å². The SMILES string of the molecule is NC12COCC(N)(C1)C2. The Morgan fingerprint density at radius 1 is 1.00 bits per heavy atom. The molecule has 2 bridgehead atoms. The second-order valence-corrected chi connectivity index (χ2v) is 3.57. The molecule has 0 aromatic heterocycles. The normalized spacial score (nSPS) is 56.7. The zero-order chi connectivity index (χ0) is 6.54. The van der Waals surface area contributed by atoms with E-state index in [-0.39, 0.29) is 11.1 Å². The van der Waals surface area contributed by atoms with E-state index in [4.69, 9.17) is 16.2 Å². The summed E-state index contributed by atoms with van der Waals surface area (Å²) < 4.78 is 5.19. The van der Waals surface area contributed by atoms with Crippen LogP contribution in [0.4, 0.5) is 0 Å². The summed E-state index contributed by atoms with van der Waals surface area (Å²) in [7, 11) is 0. The van der Waals surface area contributed by atoms with E-state index < -0.39 is 0 Å². The number of fused-ring (bicyclic) bond motifs is 2. The first-order chi connectivity index (χ1) is 4.12. The van der Waals surface area contributed by atoms with Gasteiger partial charge in [0.1, 0.15) is 0 Å². The molecule has 3 aliphatic rings. The van der Waals surface area contributed by atoms with Crippen LogP contribution in [0.5, 0.6) is 0 Å². The topological polar surface area (TPSA) is 61.3 Å². The third-order valence-electron chi connectivity index (χ3n) is 2.19. The molecule has 1 aliphatic carbocycles. The molecule has 0 amide bonds. The molecule has 0 radical (unpaired) electrons. The first-order valence-electron chi connectivity index (χ1n) is 3.28. The molecule has 4 N–H and O–H groups in total. The summed E-state index contributed by atoms with van der Waals surface area (Å²) in [5.74, 6) is 0. The highest BCUT2D eigenvalue weighted by Crippen LogP contribution is 2.41. The molecule has 9 heavy (non-hydrogen) atoms. The average molecular weight is 128 g/mol. The van der Waals surface area contributed by atoms with Crippen molar-refractivity contribution < 1.29 is 4.74 Å². The molecule has 0 spiro atoms. The van der Waals surface area contributed by atoms with Crippen LogP contribution in [0.2, 0.25) is 0 Å². The highest BCUT2D eigenvalue weighted by Gasteiger charge is 2.53. The molecule has 0 aromatic rings. The largest absolute Gasteiger partial charge is 0.378 e. The minimum atomic E-state index is -0.0625. The summed E-state index contributed by atoms with van der Waals surface area (Å²) in [5.41, 5.74) is 11.5. The van der Waals surface area contributed by atoms with Crippen LogP contribution in [0, 0.1) is 0 Å². The van der Waals surface area contributed by atoms with E-state index >= 15 is 0 Å². The molecule has 2 heterocycles. The van der Waals surface area contributed by atoms with Crippen molar-refractivity contribution in [2.24, 2.45) is 11.5 Å².